The minimum Gasteiger partial charge on any atom is -0.481 e. The summed E-state index contributed by atoms with van der Waals surface area (Å²) in [4.78, 5) is 17.6. The van der Waals surface area contributed by atoms with Gasteiger partial charge in [0.15, 0.2) is 5.82 Å². The molecule has 6 nitrogen and oxygen atoms in total. The summed E-state index contributed by atoms with van der Waals surface area (Å²) < 4.78 is 1.73. The molecule has 1 atom stereocenters. The summed E-state index contributed by atoms with van der Waals surface area (Å²) >= 11 is 0. The molecule has 1 aromatic carbocycles. The molecule has 21 heavy (non-hydrogen) atoms. The third-order valence-electron chi connectivity index (χ3n) is 3.85. The number of carbonyl (C=O) groups is 1. The van der Waals surface area contributed by atoms with Crippen molar-refractivity contribution in [3.05, 3.63) is 30.1 Å². The lowest BCUT2D eigenvalue weighted by atomic mass is 10.0. The van der Waals surface area contributed by atoms with Gasteiger partial charge in [-0.1, -0.05) is 0 Å². The van der Waals surface area contributed by atoms with Gasteiger partial charge in [0.05, 0.1) is 12.5 Å². The second-order valence-electron chi connectivity index (χ2n) is 5.55. The van der Waals surface area contributed by atoms with Crippen LogP contribution in [0.2, 0.25) is 0 Å². The quantitative estimate of drug-likeness (QED) is 0.929. The minimum absolute atomic E-state index is 0.358. The van der Waals surface area contributed by atoms with E-state index in [4.69, 9.17) is 5.11 Å². The second-order valence-corrected chi connectivity index (χ2v) is 5.55. The van der Waals surface area contributed by atoms with Crippen molar-refractivity contribution < 1.29 is 9.90 Å². The molecule has 6 heteroatoms. The molecular weight excluding hydrogens is 268 g/mol. The van der Waals surface area contributed by atoms with Crippen LogP contribution in [0.5, 0.6) is 0 Å². The molecule has 1 aliphatic heterocycles. The second kappa shape index (κ2) is 5.20. The number of aryl methyl sites for hydroxylation is 1. The van der Waals surface area contributed by atoms with Gasteiger partial charge in [-0.05, 0) is 30.7 Å². The highest BCUT2D eigenvalue weighted by molar-refractivity contribution is 5.70. The molecule has 1 N–H and O–H groups in total. The number of rotatable bonds is 3. The van der Waals surface area contributed by atoms with E-state index in [2.05, 4.69) is 10.1 Å². The van der Waals surface area contributed by atoms with Gasteiger partial charge < -0.3 is 10.0 Å². The first-order chi connectivity index (χ1) is 10.0. The number of aromatic nitrogens is 3. The Morgan fingerprint density at radius 3 is 2.67 bits per heavy atom. The van der Waals surface area contributed by atoms with E-state index < -0.39 is 5.97 Å². The third-order valence-corrected chi connectivity index (χ3v) is 3.85. The van der Waals surface area contributed by atoms with Crippen LogP contribution in [0.4, 0.5) is 5.69 Å². The van der Waals surface area contributed by atoms with E-state index in [0.717, 1.165) is 17.1 Å². The fourth-order valence-corrected chi connectivity index (χ4v) is 2.54. The van der Waals surface area contributed by atoms with Crippen molar-refractivity contribution in [3.63, 3.8) is 0 Å². The average molecular weight is 286 g/mol. The Bertz CT molecular complexity index is 661. The molecule has 0 radical (unpaired) electrons. The van der Waals surface area contributed by atoms with Gasteiger partial charge in [0.1, 0.15) is 5.82 Å². The first-order valence-corrected chi connectivity index (χ1v) is 6.99. The molecule has 0 saturated carbocycles. The van der Waals surface area contributed by atoms with Crippen molar-refractivity contribution >= 4 is 11.7 Å². The van der Waals surface area contributed by atoms with Crippen LogP contribution in [-0.2, 0) is 17.8 Å². The molecule has 0 aliphatic carbocycles. The van der Waals surface area contributed by atoms with Gasteiger partial charge in [-0.2, -0.15) is 5.10 Å². The molecule has 1 aliphatic rings. The maximum Gasteiger partial charge on any atom is 0.308 e. The van der Waals surface area contributed by atoms with Gasteiger partial charge in [0, 0.05) is 31.8 Å². The van der Waals surface area contributed by atoms with Crippen LogP contribution in [0.3, 0.4) is 0 Å². The zero-order valence-electron chi connectivity index (χ0n) is 12.2. The molecule has 110 valence electrons. The number of nitrogens with zero attached hydrogens (tertiary/aromatic N) is 4. The molecule has 1 unspecified atom stereocenters. The molecule has 0 spiro atoms. The lowest BCUT2D eigenvalue weighted by molar-refractivity contribution is -0.142. The van der Waals surface area contributed by atoms with E-state index in [1.807, 2.05) is 43.3 Å². The Labute approximate surface area is 123 Å². The number of hydrogen-bond acceptors (Lipinski definition) is 4. The van der Waals surface area contributed by atoms with Crippen LogP contribution in [0.15, 0.2) is 24.3 Å². The summed E-state index contributed by atoms with van der Waals surface area (Å²) in [5, 5.41) is 13.6. The van der Waals surface area contributed by atoms with E-state index in [9.17, 15) is 4.79 Å². The Kier molecular flexibility index (Phi) is 3.37. The smallest absolute Gasteiger partial charge is 0.308 e. The van der Waals surface area contributed by atoms with Crippen molar-refractivity contribution in [2.45, 2.75) is 19.4 Å². The average Bonchev–Trinajstić information content (AvgIpc) is 2.90. The summed E-state index contributed by atoms with van der Waals surface area (Å²) in [5.74, 6) is 0.428. The predicted octanol–water partition coefficient (Wildman–Crippen LogP) is 1.66. The highest BCUT2D eigenvalue weighted by atomic mass is 16.4. The van der Waals surface area contributed by atoms with Crippen LogP contribution in [0, 0.1) is 5.92 Å². The van der Waals surface area contributed by atoms with Crippen LogP contribution < -0.4 is 4.90 Å². The molecule has 0 amide bonds. The predicted molar refractivity (Wildman–Crippen MR) is 79.2 cm³/mol. The van der Waals surface area contributed by atoms with Crippen LogP contribution in [0.25, 0.3) is 11.4 Å². The topological polar surface area (TPSA) is 71.2 Å². The van der Waals surface area contributed by atoms with E-state index in [1.54, 1.807) is 4.68 Å². The number of benzene rings is 1. The molecule has 0 saturated heterocycles. The van der Waals surface area contributed by atoms with E-state index >= 15 is 0 Å². The Morgan fingerprint density at radius 2 is 2.05 bits per heavy atom. The lowest BCUT2D eigenvalue weighted by Gasteiger charge is -2.18. The van der Waals surface area contributed by atoms with E-state index in [1.165, 1.54) is 0 Å². The fourth-order valence-electron chi connectivity index (χ4n) is 2.54. The first kappa shape index (κ1) is 13.6. The van der Waals surface area contributed by atoms with Gasteiger partial charge in [0.25, 0.3) is 0 Å². The molecule has 3 rings (SSSR count). The molecule has 2 aromatic rings. The highest BCUT2D eigenvalue weighted by Crippen LogP contribution is 2.24. The Hall–Kier alpha value is -2.37. The number of hydrogen-bond donors (Lipinski definition) is 1. The van der Waals surface area contributed by atoms with Crippen LogP contribution in [0.1, 0.15) is 12.2 Å². The van der Waals surface area contributed by atoms with Gasteiger partial charge in [0.2, 0.25) is 0 Å². The lowest BCUT2D eigenvalue weighted by Crippen LogP contribution is -2.27. The summed E-state index contributed by atoms with van der Waals surface area (Å²) in [6.07, 6.45) is 1.30. The number of carboxylic acid groups (broad SMARTS) is 1. The zero-order valence-corrected chi connectivity index (χ0v) is 12.2. The molecule has 0 fully saturated rings. The minimum atomic E-state index is -0.756. The maximum absolute atomic E-state index is 11.1. The van der Waals surface area contributed by atoms with Crippen molar-refractivity contribution in [3.8, 4) is 11.4 Å². The van der Waals surface area contributed by atoms with Gasteiger partial charge >= 0.3 is 5.97 Å². The van der Waals surface area contributed by atoms with Crippen molar-refractivity contribution in [1.82, 2.24) is 14.8 Å². The monoisotopic (exact) mass is 286 g/mol. The third kappa shape index (κ3) is 2.61. The first-order valence-electron chi connectivity index (χ1n) is 6.99. The highest BCUT2D eigenvalue weighted by Gasteiger charge is 2.26. The summed E-state index contributed by atoms with van der Waals surface area (Å²) in [7, 11) is 3.99. The van der Waals surface area contributed by atoms with Crippen LogP contribution >= 0.6 is 0 Å². The Morgan fingerprint density at radius 1 is 1.33 bits per heavy atom. The van der Waals surface area contributed by atoms with Gasteiger partial charge in [-0.15, -0.1) is 0 Å². The molecule has 2 heterocycles. The van der Waals surface area contributed by atoms with Crippen molar-refractivity contribution in [2.75, 3.05) is 19.0 Å². The number of fused-ring (bicyclic) bond motifs is 1. The molecule has 1 aromatic heterocycles. The van der Waals surface area contributed by atoms with E-state index in [0.29, 0.717) is 25.2 Å². The normalized spacial score (nSPS) is 17.3. The largest absolute Gasteiger partial charge is 0.481 e. The van der Waals surface area contributed by atoms with E-state index in [-0.39, 0.29) is 5.92 Å². The van der Waals surface area contributed by atoms with Crippen molar-refractivity contribution in [2.24, 2.45) is 5.92 Å². The zero-order chi connectivity index (χ0) is 15.0. The number of carboxylic acids is 1. The SMILES string of the molecule is CN(C)c1ccc(-c2nc3n(n2)CC(C(=O)O)CC3)cc1. The Balaban J connectivity index is 1.86. The summed E-state index contributed by atoms with van der Waals surface area (Å²) in [6, 6.07) is 8.03. The van der Waals surface area contributed by atoms with Crippen LogP contribution in [-0.4, -0.2) is 39.9 Å². The van der Waals surface area contributed by atoms with Gasteiger partial charge in [-0.25, -0.2) is 9.67 Å². The summed E-state index contributed by atoms with van der Waals surface area (Å²) in [6.45, 7) is 0.410. The number of aliphatic carboxylic acids is 1. The van der Waals surface area contributed by atoms with Crippen molar-refractivity contribution in [1.29, 1.82) is 0 Å². The van der Waals surface area contributed by atoms with Gasteiger partial charge in [-0.3, -0.25) is 4.79 Å². The summed E-state index contributed by atoms with van der Waals surface area (Å²) in [5.41, 5.74) is 2.07. The molecular formula is C15H18N4O2. The number of anilines is 1. The fraction of sp³-hybridized carbons (Fsp3) is 0.400. The standard InChI is InChI=1S/C15H18N4O2/c1-18(2)12-6-3-10(4-7-12)14-16-13-8-5-11(15(20)21)9-19(13)17-14/h3-4,6-7,11H,5,8-9H2,1-2H3,(H,20,21). The maximum atomic E-state index is 11.1. The molecule has 0 bridgehead atoms.